The fourth-order valence-corrected chi connectivity index (χ4v) is 1.81. The van der Waals surface area contributed by atoms with Crippen molar-refractivity contribution < 1.29 is 28.2 Å². The molecule has 126 valence electrons. The minimum absolute atomic E-state index is 0.126. The Morgan fingerprint density at radius 1 is 1.22 bits per heavy atom. The van der Waals surface area contributed by atoms with Crippen molar-refractivity contribution in [2.45, 2.75) is 26.3 Å². The first-order valence-electron chi connectivity index (χ1n) is 7.18. The number of carbonyl (C=O) groups is 3. The second-order valence-corrected chi connectivity index (χ2v) is 5.04. The average molecular weight is 325 g/mol. The smallest absolute Gasteiger partial charge is 0.338 e. The number of hydrogen-bond acceptors (Lipinski definition) is 5. The third-order valence-corrected chi connectivity index (χ3v) is 3.40. The van der Waals surface area contributed by atoms with E-state index in [2.05, 4.69) is 10.1 Å². The van der Waals surface area contributed by atoms with Crippen molar-refractivity contribution in [1.82, 2.24) is 5.32 Å². The zero-order valence-corrected chi connectivity index (χ0v) is 13.3. The van der Waals surface area contributed by atoms with Crippen molar-refractivity contribution in [3.05, 3.63) is 35.6 Å². The molecule has 1 N–H and O–H groups in total. The van der Waals surface area contributed by atoms with Crippen LogP contribution in [0, 0.1) is 11.7 Å². The Hall–Kier alpha value is -2.44. The van der Waals surface area contributed by atoms with Crippen molar-refractivity contribution in [2.75, 3.05) is 13.7 Å². The number of hydrogen-bond donors (Lipinski definition) is 1. The number of methoxy groups -OCH3 is 1. The molecule has 6 nitrogen and oxygen atoms in total. The molecule has 7 heteroatoms. The fraction of sp³-hybridized carbons (Fsp3) is 0.438. The third-order valence-electron chi connectivity index (χ3n) is 3.40. The maximum Gasteiger partial charge on any atom is 0.338 e. The van der Waals surface area contributed by atoms with E-state index in [0.717, 1.165) is 12.1 Å². The molecule has 1 aromatic carbocycles. The number of benzene rings is 1. The minimum atomic E-state index is -0.804. The van der Waals surface area contributed by atoms with Crippen LogP contribution in [-0.2, 0) is 19.1 Å². The molecule has 0 heterocycles. The van der Waals surface area contributed by atoms with E-state index in [1.165, 1.54) is 19.2 Å². The van der Waals surface area contributed by atoms with Crippen molar-refractivity contribution in [3.8, 4) is 0 Å². The van der Waals surface area contributed by atoms with Crippen LogP contribution in [0.2, 0.25) is 0 Å². The van der Waals surface area contributed by atoms with E-state index in [1.54, 1.807) is 6.92 Å². The summed E-state index contributed by atoms with van der Waals surface area (Å²) < 4.78 is 22.2. The van der Waals surface area contributed by atoms with Crippen LogP contribution in [0.15, 0.2) is 24.3 Å². The number of rotatable bonds is 7. The second-order valence-electron chi connectivity index (χ2n) is 5.04. The van der Waals surface area contributed by atoms with Crippen molar-refractivity contribution in [3.63, 3.8) is 0 Å². The Balaban J connectivity index is 2.56. The maximum atomic E-state index is 12.8. The number of nitrogens with one attached hydrogen (secondary N) is 1. The summed E-state index contributed by atoms with van der Waals surface area (Å²) in [6.45, 7) is 3.13. The van der Waals surface area contributed by atoms with Crippen LogP contribution in [0.1, 0.15) is 30.6 Å². The number of halogens is 1. The van der Waals surface area contributed by atoms with Gasteiger partial charge in [0.25, 0.3) is 5.91 Å². The van der Waals surface area contributed by atoms with E-state index in [1.807, 2.05) is 6.92 Å². The highest BCUT2D eigenvalue weighted by molar-refractivity contribution is 5.92. The molecule has 0 aliphatic rings. The van der Waals surface area contributed by atoms with Crippen LogP contribution in [0.3, 0.4) is 0 Å². The van der Waals surface area contributed by atoms with Crippen LogP contribution in [0.5, 0.6) is 0 Å². The first kappa shape index (κ1) is 18.6. The van der Waals surface area contributed by atoms with Crippen LogP contribution in [0.4, 0.5) is 4.39 Å². The number of esters is 2. The van der Waals surface area contributed by atoms with Gasteiger partial charge in [-0.2, -0.15) is 0 Å². The topological polar surface area (TPSA) is 81.7 Å². The molecule has 23 heavy (non-hydrogen) atoms. The summed E-state index contributed by atoms with van der Waals surface area (Å²) in [5, 5.41) is 2.48. The maximum absolute atomic E-state index is 12.8. The van der Waals surface area contributed by atoms with Gasteiger partial charge in [0.1, 0.15) is 11.9 Å². The normalized spacial score (nSPS) is 12.9. The van der Waals surface area contributed by atoms with Crippen molar-refractivity contribution >= 4 is 17.8 Å². The van der Waals surface area contributed by atoms with Crippen LogP contribution in [0.25, 0.3) is 0 Å². The van der Waals surface area contributed by atoms with Gasteiger partial charge >= 0.3 is 11.9 Å². The van der Waals surface area contributed by atoms with E-state index in [4.69, 9.17) is 4.74 Å². The zero-order chi connectivity index (χ0) is 17.4. The molecule has 0 spiro atoms. The molecule has 0 aromatic heterocycles. The van der Waals surface area contributed by atoms with Gasteiger partial charge in [0.15, 0.2) is 6.61 Å². The molecule has 0 radical (unpaired) electrons. The molecule has 0 fully saturated rings. The molecule has 1 rings (SSSR count). The Kier molecular flexibility index (Phi) is 7.18. The molecule has 2 atom stereocenters. The first-order valence-corrected chi connectivity index (χ1v) is 7.18. The Morgan fingerprint density at radius 3 is 2.35 bits per heavy atom. The Morgan fingerprint density at radius 2 is 1.83 bits per heavy atom. The molecule has 0 saturated heterocycles. The summed E-state index contributed by atoms with van der Waals surface area (Å²) in [6.07, 6.45) is 0.662. The molecule has 1 aromatic rings. The fourth-order valence-electron chi connectivity index (χ4n) is 1.81. The summed E-state index contributed by atoms with van der Waals surface area (Å²) in [5.74, 6) is -2.53. The van der Waals surface area contributed by atoms with E-state index in [0.29, 0.717) is 6.42 Å². The highest BCUT2D eigenvalue weighted by Gasteiger charge is 2.26. The van der Waals surface area contributed by atoms with Gasteiger partial charge in [-0.15, -0.1) is 0 Å². The molecule has 1 amide bonds. The Labute approximate surface area is 134 Å². The van der Waals surface area contributed by atoms with Gasteiger partial charge in [-0.25, -0.2) is 14.0 Å². The van der Waals surface area contributed by atoms with Gasteiger partial charge in [0.05, 0.1) is 12.7 Å². The second kappa shape index (κ2) is 8.87. The molecule has 0 bridgehead atoms. The first-order chi connectivity index (χ1) is 10.9. The van der Waals surface area contributed by atoms with Crippen LogP contribution < -0.4 is 5.32 Å². The van der Waals surface area contributed by atoms with Gasteiger partial charge in [0.2, 0.25) is 0 Å². The number of amides is 1. The largest absolute Gasteiger partial charge is 0.467 e. The summed E-state index contributed by atoms with van der Waals surface area (Å²) >= 11 is 0. The van der Waals surface area contributed by atoms with Crippen molar-refractivity contribution in [2.24, 2.45) is 5.92 Å². The predicted octanol–water partition coefficient (Wildman–Crippen LogP) is 1.69. The quantitative estimate of drug-likeness (QED) is 0.772. The zero-order valence-electron chi connectivity index (χ0n) is 13.3. The van der Waals surface area contributed by atoms with Crippen molar-refractivity contribution in [1.29, 1.82) is 0 Å². The van der Waals surface area contributed by atoms with E-state index >= 15 is 0 Å². The summed E-state index contributed by atoms with van der Waals surface area (Å²) in [5.41, 5.74) is 0.130. The number of ether oxygens (including phenoxy) is 2. The van der Waals surface area contributed by atoms with E-state index < -0.39 is 36.3 Å². The average Bonchev–Trinajstić information content (AvgIpc) is 2.56. The van der Waals surface area contributed by atoms with Gasteiger partial charge in [0, 0.05) is 0 Å². The van der Waals surface area contributed by atoms with E-state index in [-0.39, 0.29) is 11.5 Å². The van der Waals surface area contributed by atoms with Gasteiger partial charge in [-0.1, -0.05) is 20.3 Å². The lowest BCUT2D eigenvalue weighted by Gasteiger charge is -2.21. The standard InChI is InChI=1S/C16H20FNO5/c1-4-10(2)14(16(21)22-3)18-13(19)9-23-15(20)11-5-7-12(17)8-6-11/h5-8,10,14H,4,9H2,1-3H3,(H,18,19). The van der Waals surface area contributed by atoms with E-state index in [9.17, 15) is 18.8 Å². The molecule has 0 aliphatic heterocycles. The SMILES string of the molecule is CCC(C)C(NC(=O)COC(=O)c1ccc(F)cc1)C(=O)OC. The summed E-state index contributed by atoms with van der Waals surface area (Å²) in [6, 6.07) is 3.94. The summed E-state index contributed by atoms with van der Waals surface area (Å²) in [4.78, 5) is 35.2. The van der Waals surface area contributed by atoms with Crippen LogP contribution in [-0.4, -0.2) is 37.6 Å². The third kappa shape index (κ3) is 5.69. The lowest BCUT2D eigenvalue weighted by atomic mass is 9.99. The highest BCUT2D eigenvalue weighted by atomic mass is 19.1. The van der Waals surface area contributed by atoms with Gasteiger partial charge in [-0.05, 0) is 30.2 Å². The molecule has 2 unspecified atom stereocenters. The lowest BCUT2D eigenvalue weighted by Crippen LogP contribution is -2.47. The highest BCUT2D eigenvalue weighted by Crippen LogP contribution is 2.09. The molecular weight excluding hydrogens is 305 g/mol. The van der Waals surface area contributed by atoms with Gasteiger partial charge < -0.3 is 14.8 Å². The number of carbonyl (C=O) groups excluding carboxylic acids is 3. The monoisotopic (exact) mass is 325 g/mol. The summed E-state index contributed by atoms with van der Waals surface area (Å²) in [7, 11) is 1.23. The molecular formula is C16H20FNO5. The molecule has 0 saturated carbocycles. The van der Waals surface area contributed by atoms with Crippen LogP contribution >= 0.6 is 0 Å². The molecule has 0 aliphatic carbocycles. The lowest BCUT2D eigenvalue weighted by molar-refractivity contribution is -0.147. The Bertz CT molecular complexity index is 558. The predicted molar refractivity (Wildman–Crippen MR) is 80.1 cm³/mol. The minimum Gasteiger partial charge on any atom is -0.467 e. The van der Waals surface area contributed by atoms with Gasteiger partial charge in [-0.3, -0.25) is 4.79 Å².